The number of aromatic nitrogens is 4. The monoisotopic (exact) mass is 360 g/mol. The molecule has 9 nitrogen and oxygen atoms in total. The lowest BCUT2D eigenvalue weighted by Crippen LogP contribution is -2.37. The fourth-order valence-electron chi connectivity index (χ4n) is 2.16. The Morgan fingerprint density at radius 1 is 1.19 bits per heavy atom. The fourth-order valence-corrected chi connectivity index (χ4v) is 2.16. The van der Waals surface area contributed by atoms with Crippen molar-refractivity contribution in [3.8, 4) is 5.95 Å². The summed E-state index contributed by atoms with van der Waals surface area (Å²) < 4.78 is 1.30. The van der Waals surface area contributed by atoms with Gasteiger partial charge < -0.3 is 10.6 Å². The number of hydrogen-bond donors (Lipinski definition) is 3. The summed E-state index contributed by atoms with van der Waals surface area (Å²) in [5.41, 5.74) is 0.878. The first-order chi connectivity index (χ1) is 12.2. The molecule has 0 spiro atoms. The Bertz CT molecular complexity index is 866. The highest BCUT2D eigenvalue weighted by atomic mass is 16.2. The second kappa shape index (κ2) is 7.94. The topological polar surface area (TPSA) is 122 Å². The van der Waals surface area contributed by atoms with Crippen molar-refractivity contribution >= 4 is 17.6 Å². The van der Waals surface area contributed by atoms with Crippen molar-refractivity contribution in [1.82, 2.24) is 25.1 Å². The molecule has 2 aromatic rings. The van der Waals surface area contributed by atoms with Crippen LogP contribution in [0.4, 0.5) is 5.82 Å². The van der Waals surface area contributed by atoms with Crippen LogP contribution < -0.4 is 16.2 Å². The molecule has 0 aliphatic carbocycles. The van der Waals surface area contributed by atoms with Gasteiger partial charge in [-0.3, -0.25) is 19.4 Å². The minimum absolute atomic E-state index is 0.0487. The fraction of sp³-hybridized carbons (Fsp3) is 0.471. The van der Waals surface area contributed by atoms with Gasteiger partial charge in [0.2, 0.25) is 5.95 Å². The molecule has 0 aliphatic heterocycles. The van der Waals surface area contributed by atoms with E-state index < -0.39 is 11.8 Å². The molecular formula is C17H24N6O3. The van der Waals surface area contributed by atoms with E-state index in [0.717, 1.165) is 0 Å². The SMILES string of the molecule is Cc1cc(NC(=O)C(=O)NCC(C)C)n(-c2nc(C(C)C)cc(=O)[nH]2)n1. The number of amides is 2. The number of H-pyrrole nitrogens is 1. The van der Waals surface area contributed by atoms with E-state index in [4.69, 9.17) is 0 Å². The molecule has 0 aromatic carbocycles. The van der Waals surface area contributed by atoms with E-state index in [1.807, 2.05) is 27.7 Å². The van der Waals surface area contributed by atoms with Crippen LogP contribution >= 0.6 is 0 Å². The molecular weight excluding hydrogens is 336 g/mol. The van der Waals surface area contributed by atoms with E-state index in [1.54, 1.807) is 13.0 Å². The van der Waals surface area contributed by atoms with Crippen LogP contribution in [0, 0.1) is 12.8 Å². The van der Waals surface area contributed by atoms with Gasteiger partial charge in [0.15, 0.2) is 0 Å². The molecule has 2 rings (SSSR count). The Hall–Kier alpha value is -2.97. The van der Waals surface area contributed by atoms with Crippen LogP contribution in [-0.4, -0.2) is 38.1 Å². The standard InChI is InChI=1S/C17H24N6O3/c1-9(2)8-18-15(25)16(26)20-13-6-11(5)22-23(13)17-19-12(10(3)4)7-14(24)21-17/h6-7,9-10H,8H2,1-5H3,(H,18,25)(H,20,26)(H,19,21,24). The van der Waals surface area contributed by atoms with Gasteiger partial charge in [-0.05, 0) is 18.8 Å². The number of aromatic amines is 1. The van der Waals surface area contributed by atoms with Crippen molar-refractivity contribution in [2.45, 2.75) is 40.5 Å². The van der Waals surface area contributed by atoms with Gasteiger partial charge in [0.05, 0.1) is 11.4 Å². The molecule has 2 aromatic heterocycles. The Kier molecular flexibility index (Phi) is 5.91. The van der Waals surface area contributed by atoms with E-state index in [9.17, 15) is 14.4 Å². The van der Waals surface area contributed by atoms with Crippen molar-refractivity contribution < 1.29 is 9.59 Å². The molecule has 3 N–H and O–H groups in total. The van der Waals surface area contributed by atoms with Gasteiger partial charge in [0.25, 0.3) is 5.56 Å². The van der Waals surface area contributed by atoms with Gasteiger partial charge in [-0.2, -0.15) is 9.78 Å². The van der Waals surface area contributed by atoms with Gasteiger partial charge >= 0.3 is 11.8 Å². The van der Waals surface area contributed by atoms with E-state index in [2.05, 4.69) is 25.7 Å². The largest absolute Gasteiger partial charge is 0.348 e. The number of aryl methyl sites for hydroxylation is 1. The third-order valence-electron chi connectivity index (χ3n) is 3.49. The zero-order valence-electron chi connectivity index (χ0n) is 15.6. The summed E-state index contributed by atoms with van der Waals surface area (Å²) >= 11 is 0. The molecule has 0 saturated heterocycles. The number of rotatable bonds is 5. The van der Waals surface area contributed by atoms with Crippen molar-refractivity contribution in [2.24, 2.45) is 5.92 Å². The molecule has 0 unspecified atom stereocenters. The zero-order valence-corrected chi connectivity index (χ0v) is 15.6. The summed E-state index contributed by atoms with van der Waals surface area (Å²) in [5, 5.41) is 9.30. The van der Waals surface area contributed by atoms with Crippen molar-refractivity contribution in [1.29, 1.82) is 0 Å². The highest BCUT2D eigenvalue weighted by Gasteiger charge is 2.18. The van der Waals surface area contributed by atoms with Crippen LogP contribution in [0.5, 0.6) is 0 Å². The van der Waals surface area contributed by atoms with Gasteiger partial charge in [0.1, 0.15) is 5.82 Å². The highest BCUT2D eigenvalue weighted by molar-refractivity contribution is 6.39. The molecule has 2 amide bonds. The minimum atomic E-state index is -0.811. The predicted molar refractivity (Wildman–Crippen MR) is 97.3 cm³/mol. The molecule has 0 saturated carbocycles. The number of carbonyl (C=O) groups is 2. The summed E-state index contributed by atoms with van der Waals surface area (Å²) in [4.78, 5) is 42.9. The summed E-state index contributed by atoms with van der Waals surface area (Å²) in [6.45, 7) is 9.83. The smallest absolute Gasteiger partial charge is 0.314 e. The average Bonchev–Trinajstić information content (AvgIpc) is 2.92. The quantitative estimate of drug-likeness (QED) is 0.689. The van der Waals surface area contributed by atoms with Crippen LogP contribution in [0.1, 0.15) is 45.0 Å². The molecule has 0 bridgehead atoms. The predicted octanol–water partition coefficient (Wildman–Crippen LogP) is 1.10. The lowest BCUT2D eigenvalue weighted by atomic mass is 10.1. The first kappa shape index (κ1) is 19.4. The lowest BCUT2D eigenvalue weighted by Gasteiger charge is -2.11. The van der Waals surface area contributed by atoms with E-state index in [-0.39, 0.29) is 29.2 Å². The van der Waals surface area contributed by atoms with Crippen LogP contribution in [0.2, 0.25) is 0 Å². The lowest BCUT2D eigenvalue weighted by molar-refractivity contribution is -0.136. The Labute approximate surface area is 151 Å². The number of hydrogen-bond acceptors (Lipinski definition) is 5. The van der Waals surface area contributed by atoms with Gasteiger partial charge in [-0.1, -0.05) is 27.7 Å². The number of nitrogens with zero attached hydrogens (tertiary/aromatic N) is 3. The summed E-state index contributed by atoms with van der Waals surface area (Å²) in [7, 11) is 0. The maximum absolute atomic E-state index is 12.1. The van der Waals surface area contributed by atoms with E-state index in [0.29, 0.717) is 17.9 Å². The van der Waals surface area contributed by atoms with Crippen molar-refractivity contribution in [2.75, 3.05) is 11.9 Å². The summed E-state index contributed by atoms with van der Waals surface area (Å²) in [5.74, 6) is -0.848. The molecule has 0 atom stereocenters. The van der Waals surface area contributed by atoms with Gasteiger partial charge in [-0.15, -0.1) is 0 Å². The summed E-state index contributed by atoms with van der Waals surface area (Å²) in [6, 6.07) is 3.01. The molecule has 9 heteroatoms. The Balaban J connectivity index is 2.30. The third-order valence-corrected chi connectivity index (χ3v) is 3.49. The summed E-state index contributed by atoms with van der Waals surface area (Å²) in [6.07, 6.45) is 0. The maximum atomic E-state index is 12.1. The second-order valence-electron chi connectivity index (χ2n) is 6.79. The Morgan fingerprint density at radius 3 is 2.50 bits per heavy atom. The van der Waals surface area contributed by atoms with E-state index in [1.165, 1.54) is 10.7 Å². The molecule has 0 aliphatic rings. The van der Waals surface area contributed by atoms with E-state index >= 15 is 0 Å². The van der Waals surface area contributed by atoms with Crippen molar-refractivity contribution in [3.05, 3.63) is 33.9 Å². The first-order valence-corrected chi connectivity index (χ1v) is 8.44. The number of anilines is 1. The molecule has 2 heterocycles. The maximum Gasteiger partial charge on any atom is 0.314 e. The second-order valence-corrected chi connectivity index (χ2v) is 6.79. The van der Waals surface area contributed by atoms with Crippen LogP contribution in [0.15, 0.2) is 16.9 Å². The number of carbonyl (C=O) groups excluding carboxylic acids is 2. The van der Waals surface area contributed by atoms with Crippen LogP contribution in [0.25, 0.3) is 5.95 Å². The van der Waals surface area contributed by atoms with Gasteiger partial charge in [0, 0.05) is 18.7 Å². The average molecular weight is 360 g/mol. The van der Waals surface area contributed by atoms with Crippen LogP contribution in [-0.2, 0) is 9.59 Å². The molecule has 0 radical (unpaired) electrons. The highest BCUT2D eigenvalue weighted by Crippen LogP contribution is 2.16. The third kappa shape index (κ3) is 4.78. The molecule has 26 heavy (non-hydrogen) atoms. The van der Waals surface area contributed by atoms with Gasteiger partial charge in [-0.25, -0.2) is 4.98 Å². The minimum Gasteiger partial charge on any atom is -0.348 e. The number of nitrogens with one attached hydrogen (secondary N) is 3. The Morgan fingerprint density at radius 2 is 1.88 bits per heavy atom. The van der Waals surface area contributed by atoms with Crippen molar-refractivity contribution in [3.63, 3.8) is 0 Å². The normalized spacial score (nSPS) is 11.0. The van der Waals surface area contributed by atoms with Crippen LogP contribution in [0.3, 0.4) is 0 Å². The first-order valence-electron chi connectivity index (χ1n) is 8.44. The molecule has 140 valence electrons. The molecule has 0 fully saturated rings. The zero-order chi connectivity index (χ0) is 19.4.